The maximum Gasteiger partial charge on any atom is 0.272 e. The van der Waals surface area contributed by atoms with Crippen LogP contribution in [0.2, 0.25) is 0 Å². The minimum atomic E-state index is -0.485. The number of aryl methyl sites for hydroxylation is 1. The van der Waals surface area contributed by atoms with E-state index in [2.05, 4.69) is 22.0 Å². The van der Waals surface area contributed by atoms with E-state index in [9.17, 15) is 19.6 Å². The van der Waals surface area contributed by atoms with Crippen LogP contribution in [0.1, 0.15) is 51.7 Å². The fraction of sp³-hybridized carbons (Fsp3) is 0.158. The number of fused-ring (bicyclic) bond motifs is 2. The molecule has 0 fully saturated rings. The van der Waals surface area contributed by atoms with E-state index in [1.165, 1.54) is 28.0 Å². The van der Waals surface area contributed by atoms with E-state index < -0.39 is 17.1 Å². The summed E-state index contributed by atoms with van der Waals surface area (Å²) in [5, 5.41) is 20.6. The molecular formula is C38H32N4O3S2. The van der Waals surface area contributed by atoms with Gasteiger partial charge in [-0.05, 0) is 90.9 Å². The molecule has 3 N–H and O–H groups in total. The first-order chi connectivity index (χ1) is 22.9. The van der Waals surface area contributed by atoms with Crippen LogP contribution in [0, 0.1) is 11.3 Å². The van der Waals surface area contributed by atoms with Crippen LogP contribution in [0.15, 0.2) is 108 Å². The quantitative estimate of drug-likeness (QED) is 0.109. The van der Waals surface area contributed by atoms with Gasteiger partial charge in [0.1, 0.15) is 16.8 Å². The maximum absolute atomic E-state index is 13.7. The van der Waals surface area contributed by atoms with Crippen LogP contribution in [0.5, 0.6) is 0 Å². The van der Waals surface area contributed by atoms with Gasteiger partial charge in [0.25, 0.3) is 11.8 Å². The number of nitrogens with one attached hydrogen (secondary N) is 3. The summed E-state index contributed by atoms with van der Waals surface area (Å²) in [6.07, 6.45) is 5.67. The average molecular weight is 657 g/mol. The lowest BCUT2D eigenvalue weighted by Crippen LogP contribution is -2.30. The summed E-state index contributed by atoms with van der Waals surface area (Å²) in [6, 6.07) is 31.9. The Labute approximate surface area is 281 Å². The largest absolute Gasteiger partial charge is 0.321 e. The summed E-state index contributed by atoms with van der Waals surface area (Å²) >= 11 is 2.86. The molecule has 0 saturated carbocycles. The number of thioether (sulfide) groups is 1. The van der Waals surface area contributed by atoms with Gasteiger partial charge in [0.05, 0.1) is 10.8 Å². The molecule has 234 valence electrons. The molecule has 0 aliphatic heterocycles. The van der Waals surface area contributed by atoms with E-state index in [-0.39, 0.29) is 11.6 Å². The number of nitriles is 1. The van der Waals surface area contributed by atoms with Crippen molar-refractivity contribution in [1.82, 2.24) is 5.32 Å². The van der Waals surface area contributed by atoms with Crippen molar-refractivity contribution >= 4 is 68.4 Å². The molecule has 1 heterocycles. The van der Waals surface area contributed by atoms with Crippen molar-refractivity contribution < 1.29 is 14.4 Å². The van der Waals surface area contributed by atoms with Gasteiger partial charge in [-0.15, -0.1) is 23.1 Å². The van der Waals surface area contributed by atoms with Crippen molar-refractivity contribution in [3.05, 3.63) is 130 Å². The molecule has 3 amide bonds. The van der Waals surface area contributed by atoms with Gasteiger partial charge in [0.2, 0.25) is 5.91 Å². The van der Waals surface area contributed by atoms with Crippen molar-refractivity contribution in [2.75, 3.05) is 10.6 Å². The third kappa shape index (κ3) is 7.46. The van der Waals surface area contributed by atoms with Gasteiger partial charge < -0.3 is 16.0 Å². The number of amides is 3. The predicted octanol–water partition coefficient (Wildman–Crippen LogP) is 8.18. The zero-order valence-electron chi connectivity index (χ0n) is 25.7. The fourth-order valence-corrected chi connectivity index (χ4v) is 7.73. The van der Waals surface area contributed by atoms with Crippen LogP contribution in [0.25, 0.3) is 16.8 Å². The van der Waals surface area contributed by atoms with E-state index in [1.54, 1.807) is 48.5 Å². The normalized spacial score (nSPS) is 13.2. The first-order valence-electron chi connectivity index (χ1n) is 15.4. The number of hydrogen-bond donors (Lipinski definition) is 3. The average Bonchev–Trinajstić information content (AvgIpc) is 3.45. The Morgan fingerprint density at radius 3 is 2.47 bits per heavy atom. The van der Waals surface area contributed by atoms with Gasteiger partial charge in [-0.1, -0.05) is 66.7 Å². The van der Waals surface area contributed by atoms with Gasteiger partial charge in [-0.2, -0.15) is 5.26 Å². The van der Waals surface area contributed by atoms with Crippen molar-refractivity contribution in [2.45, 2.75) is 42.8 Å². The molecule has 1 aliphatic carbocycles. The van der Waals surface area contributed by atoms with Crippen LogP contribution in [0.3, 0.4) is 0 Å². The van der Waals surface area contributed by atoms with Crippen molar-refractivity contribution in [2.24, 2.45) is 0 Å². The molecule has 0 saturated heterocycles. The SMILES string of the molecule is CC(Sc1cccc(NC(=O)/C(=C\c2cccc3ccccc23)NC(=O)c2ccccc2)c1)C(=O)Nc1sc2c(c1C#N)CCCC2. The zero-order chi connectivity index (χ0) is 32.8. The second kappa shape index (κ2) is 14.5. The number of nitrogens with zero attached hydrogens (tertiary/aromatic N) is 1. The second-order valence-corrected chi connectivity index (χ2v) is 13.7. The van der Waals surface area contributed by atoms with Gasteiger partial charge in [0.15, 0.2) is 0 Å². The maximum atomic E-state index is 13.7. The van der Waals surface area contributed by atoms with Gasteiger partial charge in [-0.25, -0.2) is 0 Å². The van der Waals surface area contributed by atoms with Crippen LogP contribution >= 0.6 is 23.1 Å². The Morgan fingerprint density at radius 1 is 0.894 bits per heavy atom. The van der Waals surface area contributed by atoms with Crippen LogP contribution < -0.4 is 16.0 Å². The Balaban J connectivity index is 1.19. The minimum absolute atomic E-state index is 0.0907. The Bertz CT molecular complexity index is 2040. The highest BCUT2D eigenvalue weighted by molar-refractivity contribution is 8.00. The highest BCUT2D eigenvalue weighted by Crippen LogP contribution is 2.38. The molecule has 5 aromatic rings. The standard InChI is InChI=1S/C38H32N4O3S2/c1-24(35(43)42-38-32(23-39)31-19-7-8-20-34(31)47-38)46-29-17-10-16-28(22-29)40-37(45)33(41-36(44)26-12-3-2-4-13-26)21-27-15-9-14-25-11-5-6-18-30(25)27/h2-6,9-18,21-22,24H,7-8,19-20H2,1H3,(H,40,45)(H,41,44)(H,42,43)/b33-21+. The molecule has 0 bridgehead atoms. The van der Waals surface area contributed by atoms with E-state index >= 15 is 0 Å². The molecule has 6 rings (SSSR count). The summed E-state index contributed by atoms with van der Waals surface area (Å²) in [6.45, 7) is 1.81. The van der Waals surface area contributed by atoms with Gasteiger partial charge in [0, 0.05) is 21.0 Å². The lowest BCUT2D eigenvalue weighted by Gasteiger charge is -2.14. The van der Waals surface area contributed by atoms with Crippen molar-refractivity contribution in [1.29, 1.82) is 5.26 Å². The van der Waals surface area contributed by atoms with Crippen molar-refractivity contribution in [3.63, 3.8) is 0 Å². The second-order valence-electron chi connectivity index (χ2n) is 11.2. The fourth-order valence-electron chi connectivity index (χ4n) is 5.56. The molecule has 1 unspecified atom stereocenters. The summed E-state index contributed by atoms with van der Waals surface area (Å²) in [5.74, 6) is -1.08. The molecule has 1 atom stereocenters. The monoisotopic (exact) mass is 656 g/mol. The lowest BCUT2D eigenvalue weighted by molar-refractivity contribution is -0.115. The summed E-state index contributed by atoms with van der Waals surface area (Å²) < 4.78 is 0. The highest BCUT2D eigenvalue weighted by Gasteiger charge is 2.24. The van der Waals surface area contributed by atoms with Crippen LogP contribution in [0.4, 0.5) is 10.7 Å². The highest BCUT2D eigenvalue weighted by atomic mass is 32.2. The van der Waals surface area contributed by atoms with Crippen LogP contribution in [-0.2, 0) is 22.4 Å². The number of hydrogen-bond acceptors (Lipinski definition) is 6. The van der Waals surface area contributed by atoms with Gasteiger partial charge in [-0.3, -0.25) is 14.4 Å². The number of rotatable bonds is 9. The number of benzene rings is 4. The molecular weight excluding hydrogens is 625 g/mol. The molecule has 47 heavy (non-hydrogen) atoms. The summed E-state index contributed by atoms with van der Waals surface area (Å²) in [5.41, 5.74) is 3.50. The van der Waals surface area contributed by atoms with Crippen LogP contribution in [-0.4, -0.2) is 23.0 Å². The number of anilines is 2. The van der Waals surface area contributed by atoms with Crippen molar-refractivity contribution in [3.8, 4) is 6.07 Å². The first kappa shape index (κ1) is 31.8. The third-order valence-electron chi connectivity index (χ3n) is 7.95. The number of carbonyl (C=O) groups is 3. The zero-order valence-corrected chi connectivity index (χ0v) is 27.3. The number of carbonyl (C=O) groups excluding carboxylic acids is 3. The van der Waals surface area contributed by atoms with E-state index in [1.807, 2.05) is 61.5 Å². The summed E-state index contributed by atoms with van der Waals surface area (Å²) in [7, 11) is 0. The van der Waals surface area contributed by atoms with E-state index in [0.29, 0.717) is 21.8 Å². The topological polar surface area (TPSA) is 111 Å². The Hall–Kier alpha value is -5.17. The molecule has 0 radical (unpaired) electrons. The molecule has 7 nitrogen and oxygen atoms in total. The lowest BCUT2D eigenvalue weighted by atomic mass is 9.96. The third-order valence-corrected chi connectivity index (χ3v) is 10.2. The first-order valence-corrected chi connectivity index (χ1v) is 17.1. The molecule has 1 aromatic heterocycles. The number of thiophene rings is 1. The molecule has 1 aliphatic rings. The van der Waals surface area contributed by atoms with Gasteiger partial charge >= 0.3 is 0 Å². The minimum Gasteiger partial charge on any atom is -0.321 e. The Kier molecular flexibility index (Phi) is 9.81. The smallest absolute Gasteiger partial charge is 0.272 e. The molecule has 9 heteroatoms. The van der Waals surface area contributed by atoms with E-state index in [4.69, 9.17) is 0 Å². The molecule has 0 spiro atoms. The summed E-state index contributed by atoms with van der Waals surface area (Å²) in [4.78, 5) is 42.0. The molecule has 4 aromatic carbocycles. The Morgan fingerprint density at radius 2 is 1.64 bits per heavy atom. The predicted molar refractivity (Wildman–Crippen MR) is 191 cm³/mol. The van der Waals surface area contributed by atoms with E-state index in [0.717, 1.165) is 52.5 Å².